The Hall–Kier alpha value is -1.71. The van der Waals surface area contributed by atoms with Gasteiger partial charge in [-0.3, -0.25) is 0 Å². The number of amides is 2. The van der Waals surface area contributed by atoms with E-state index in [1.807, 2.05) is 39.0 Å². The average Bonchev–Trinajstić information content (AvgIpc) is 2.36. The fourth-order valence-corrected chi connectivity index (χ4v) is 2.91. The molecule has 0 saturated heterocycles. The molecule has 0 unspecified atom stereocenters. The van der Waals surface area contributed by atoms with E-state index in [-0.39, 0.29) is 12.1 Å². The Morgan fingerprint density at radius 2 is 1.68 bits per heavy atom. The highest BCUT2D eigenvalue weighted by Gasteiger charge is 2.13. The highest BCUT2D eigenvalue weighted by Crippen LogP contribution is 2.26. The molecule has 2 amide bonds. The molecule has 0 aromatic heterocycles. The molecule has 2 N–H and O–H groups in total. The summed E-state index contributed by atoms with van der Waals surface area (Å²) < 4.78 is 0. The number of hydrogen-bond acceptors (Lipinski definition) is 1. The number of aryl methyl sites for hydroxylation is 2. The molecule has 1 atom stereocenters. The topological polar surface area (TPSA) is 41.1 Å². The predicted octanol–water partition coefficient (Wildman–Crippen LogP) is 5.49. The summed E-state index contributed by atoms with van der Waals surface area (Å²) in [5.41, 5.74) is 3.79. The van der Waals surface area contributed by atoms with Crippen molar-refractivity contribution in [1.29, 1.82) is 0 Å². The van der Waals surface area contributed by atoms with Gasteiger partial charge < -0.3 is 10.6 Å². The van der Waals surface area contributed by atoms with Gasteiger partial charge in [-0.05, 0) is 61.7 Å². The normalized spacial score (nSPS) is 11.9. The summed E-state index contributed by atoms with van der Waals surface area (Å²) in [6.45, 7) is 5.86. The van der Waals surface area contributed by atoms with Crippen LogP contribution in [0.5, 0.6) is 0 Å². The molecule has 3 nitrogen and oxygen atoms in total. The molecule has 2 rings (SSSR count). The van der Waals surface area contributed by atoms with Crippen LogP contribution in [-0.2, 0) is 0 Å². The lowest BCUT2D eigenvalue weighted by atomic mass is 10.1. The predicted molar refractivity (Wildman–Crippen MR) is 92.9 cm³/mol. The highest BCUT2D eigenvalue weighted by atomic mass is 35.5. The van der Waals surface area contributed by atoms with Gasteiger partial charge in [0.05, 0.1) is 6.04 Å². The van der Waals surface area contributed by atoms with Crippen molar-refractivity contribution in [1.82, 2.24) is 5.32 Å². The number of carbonyl (C=O) groups excluding carboxylic acids is 1. The van der Waals surface area contributed by atoms with Gasteiger partial charge in [-0.15, -0.1) is 0 Å². The van der Waals surface area contributed by atoms with Crippen LogP contribution >= 0.6 is 23.2 Å². The van der Waals surface area contributed by atoms with Crippen molar-refractivity contribution in [3.8, 4) is 0 Å². The third-order valence-electron chi connectivity index (χ3n) is 3.26. The molecule has 22 heavy (non-hydrogen) atoms. The van der Waals surface area contributed by atoms with Crippen LogP contribution in [-0.4, -0.2) is 6.03 Å². The van der Waals surface area contributed by atoms with Crippen molar-refractivity contribution < 1.29 is 4.79 Å². The van der Waals surface area contributed by atoms with Crippen molar-refractivity contribution in [2.24, 2.45) is 0 Å². The average molecular weight is 337 g/mol. The Bertz CT molecular complexity index is 681. The Kier molecular flexibility index (Phi) is 5.33. The van der Waals surface area contributed by atoms with Crippen molar-refractivity contribution in [3.05, 3.63) is 63.1 Å². The van der Waals surface area contributed by atoms with E-state index >= 15 is 0 Å². The van der Waals surface area contributed by atoms with Crippen LogP contribution in [0.15, 0.2) is 36.4 Å². The van der Waals surface area contributed by atoms with Crippen LogP contribution in [0.25, 0.3) is 0 Å². The molecule has 2 aromatic carbocycles. The number of hydrogen-bond donors (Lipinski definition) is 2. The van der Waals surface area contributed by atoms with Crippen LogP contribution in [0.2, 0.25) is 10.0 Å². The first-order valence-electron chi connectivity index (χ1n) is 6.96. The molecule has 5 heteroatoms. The first-order valence-corrected chi connectivity index (χ1v) is 7.71. The van der Waals surface area contributed by atoms with Crippen LogP contribution < -0.4 is 10.6 Å². The van der Waals surface area contributed by atoms with Crippen molar-refractivity contribution in [3.63, 3.8) is 0 Å². The maximum absolute atomic E-state index is 12.1. The van der Waals surface area contributed by atoms with E-state index in [2.05, 4.69) is 16.7 Å². The highest BCUT2D eigenvalue weighted by molar-refractivity contribution is 6.35. The van der Waals surface area contributed by atoms with Crippen molar-refractivity contribution >= 4 is 34.9 Å². The standard InChI is InChI=1S/C17H18Cl2N2O/c1-10-6-11(2)8-14(7-10)21-17(22)20-12(3)15-5-4-13(18)9-16(15)19/h4-9,12H,1-3H3,(H2,20,21,22)/t12-/m1/s1. The van der Waals surface area contributed by atoms with Gasteiger partial charge in [0.25, 0.3) is 0 Å². The minimum absolute atomic E-state index is 0.226. The van der Waals surface area contributed by atoms with Crippen LogP contribution in [0, 0.1) is 13.8 Å². The van der Waals surface area contributed by atoms with Gasteiger partial charge in [-0.2, -0.15) is 0 Å². The van der Waals surface area contributed by atoms with Crippen molar-refractivity contribution in [2.75, 3.05) is 5.32 Å². The number of nitrogens with one attached hydrogen (secondary N) is 2. The molecule has 0 aliphatic carbocycles. The summed E-state index contributed by atoms with van der Waals surface area (Å²) in [6, 6.07) is 10.6. The lowest BCUT2D eigenvalue weighted by molar-refractivity contribution is 0.249. The number of anilines is 1. The maximum atomic E-state index is 12.1. The summed E-state index contributed by atoms with van der Waals surface area (Å²) in [7, 11) is 0. The first-order chi connectivity index (χ1) is 10.3. The van der Waals surface area contributed by atoms with E-state index in [1.54, 1.807) is 12.1 Å². The molecule has 0 aliphatic rings. The SMILES string of the molecule is Cc1cc(C)cc(NC(=O)N[C@H](C)c2ccc(Cl)cc2Cl)c1. The fraction of sp³-hybridized carbons (Fsp3) is 0.235. The largest absolute Gasteiger partial charge is 0.331 e. The monoisotopic (exact) mass is 336 g/mol. The Morgan fingerprint density at radius 3 is 2.27 bits per heavy atom. The molecule has 0 saturated carbocycles. The number of benzene rings is 2. The Morgan fingerprint density at radius 1 is 1.05 bits per heavy atom. The smallest absolute Gasteiger partial charge is 0.319 e. The molecular weight excluding hydrogens is 319 g/mol. The van der Waals surface area contributed by atoms with Gasteiger partial charge >= 0.3 is 6.03 Å². The van der Waals surface area contributed by atoms with Gasteiger partial charge in [0, 0.05) is 15.7 Å². The van der Waals surface area contributed by atoms with E-state index in [0.717, 1.165) is 22.4 Å². The van der Waals surface area contributed by atoms with Crippen LogP contribution in [0.3, 0.4) is 0 Å². The first kappa shape index (κ1) is 16.7. The maximum Gasteiger partial charge on any atom is 0.319 e. The van der Waals surface area contributed by atoms with Gasteiger partial charge in [-0.1, -0.05) is 35.3 Å². The zero-order valence-electron chi connectivity index (χ0n) is 12.7. The molecule has 0 radical (unpaired) electrons. The Labute approximate surface area is 140 Å². The molecule has 0 spiro atoms. The van der Waals surface area contributed by atoms with E-state index in [9.17, 15) is 4.79 Å². The number of rotatable bonds is 3. The van der Waals surface area contributed by atoms with E-state index in [0.29, 0.717) is 10.0 Å². The molecule has 0 fully saturated rings. The zero-order chi connectivity index (χ0) is 16.3. The van der Waals surface area contributed by atoms with E-state index in [1.165, 1.54) is 0 Å². The minimum Gasteiger partial charge on any atom is -0.331 e. The fourth-order valence-electron chi connectivity index (χ4n) is 2.34. The number of halogens is 2. The second-order valence-corrected chi connectivity index (χ2v) is 6.21. The molecule has 0 heterocycles. The van der Waals surface area contributed by atoms with Crippen LogP contribution in [0.4, 0.5) is 10.5 Å². The summed E-state index contributed by atoms with van der Waals surface area (Å²) in [5.74, 6) is 0. The second kappa shape index (κ2) is 7.03. The zero-order valence-corrected chi connectivity index (χ0v) is 14.2. The third kappa shape index (κ3) is 4.39. The van der Waals surface area contributed by atoms with Gasteiger partial charge in [0.2, 0.25) is 0 Å². The molecule has 116 valence electrons. The lowest BCUT2D eigenvalue weighted by Crippen LogP contribution is -2.31. The van der Waals surface area contributed by atoms with Crippen molar-refractivity contribution in [2.45, 2.75) is 26.8 Å². The van der Waals surface area contributed by atoms with E-state index < -0.39 is 0 Å². The number of carbonyl (C=O) groups is 1. The second-order valence-electron chi connectivity index (χ2n) is 5.36. The molecule has 2 aromatic rings. The third-order valence-corrected chi connectivity index (χ3v) is 3.82. The number of urea groups is 1. The molecular formula is C17H18Cl2N2O. The lowest BCUT2D eigenvalue weighted by Gasteiger charge is -2.17. The summed E-state index contributed by atoms with van der Waals surface area (Å²) in [5, 5.41) is 6.81. The summed E-state index contributed by atoms with van der Waals surface area (Å²) in [6.07, 6.45) is 0. The summed E-state index contributed by atoms with van der Waals surface area (Å²) in [4.78, 5) is 12.1. The van der Waals surface area contributed by atoms with Gasteiger partial charge in [-0.25, -0.2) is 4.79 Å². The van der Waals surface area contributed by atoms with Gasteiger partial charge in [0.15, 0.2) is 0 Å². The minimum atomic E-state index is -0.275. The summed E-state index contributed by atoms with van der Waals surface area (Å²) >= 11 is 12.0. The Balaban J connectivity index is 2.05. The van der Waals surface area contributed by atoms with E-state index in [4.69, 9.17) is 23.2 Å². The van der Waals surface area contributed by atoms with Gasteiger partial charge in [0.1, 0.15) is 0 Å². The molecule has 0 bridgehead atoms. The quantitative estimate of drug-likeness (QED) is 0.764. The van der Waals surface area contributed by atoms with Crippen LogP contribution in [0.1, 0.15) is 29.7 Å². The molecule has 0 aliphatic heterocycles.